The standard InChI is InChI=1S/C13H12N4OS/c1-8-6-10(14)19-12(8)13-16-11(17-18-13)7-9-2-4-15-5-3-9/h2-6H,7,14H2,1H3. The molecule has 6 heteroatoms. The first-order valence-electron chi connectivity index (χ1n) is 5.80. The van der Waals surface area contributed by atoms with E-state index in [1.807, 2.05) is 25.1 Å². The van der Waals surface area contributed by atoms with Crippen LogP contribution < -0.4 is 5.73 Å². The molecule has 3 heterocycles. The second-order valence-corrected chi connectivity index (χ2v) is 5.29. The highest BCUT2D eigenvalue weighted by molar-refractivity contribution is 7.19. The number of nitrogen functional groups attached to an aromatic ring is 1. The van der Waals surface area contributed by atoms with Crippen molar-refractivity contribution >= 4 is 16.3 Å². The summed E-state index contributed by atoms with van der Waals surface area (Å²) in [6.07, 6.45) is 4.13. The molecular formula is C13H12N4OS. The van der Waals surface area contributed by atoms with E-state index in [2.05, 4.69) is 15.1 Å². The summed E-state index contributed by atoms with van der Waals surface area (Å²) in [5, 5.41) is 4.75. The molecule has 0 radical (unpaired) electrons. The minimum Gasteiger partial charge on any atom is -0.391 e. The molecule has 0 aliphatic heterocycles. The van der Waals surface area contributed by atoms with Gasteiger partial charge in [-0.2, -0.15) is 4.98 Å². The highest BCUT2D eigenvalue weighted by Crippen LogP contribution is 2.32. The zero-order chi connectivity index (χ0) is 13.2. The molecule has 0 fully saturated rings. The third-order valence-corrected chi connectivity index (χ3v) is 3.77. The molecule has 5 nitrogen and oxygen atoms in total. The molecule has 0 unspecified atom stereocenters. The van der Waals surface area contributed by atoms with Crippen molar-refractivity contribution in [1.29, 1.82) is 0 Å². The second-order valence-electron chi connectivity index (χ2n) is 4.21. The monoisotopic (exact) mass is 272 g/mol. The van der Waals surface area contributed by atoms with Gasteiger partial charge in [0.25, 0.3) is 5.89 Å². The van der Waals surface area contributed by atoms with E-state index in [0.717, 1.165) is 21.0 Å². The Balaban J connectivity index is 1.86. The number of hydrogen-bond acceptors (Lipinski definition) is 6. The predicted molar refractivity (Wildman–Crippen MR) is 73.8 cm³/mol. The summed E-state index contributed by atoms with van der Waals surface area (Å²) in [6, 6.07) is 5.78. The lowest BCUT2D eigenvalue weighted by atomic mass is 10.2. The van der Waals surface area contributed by atoms with Crippen LogP contribution in [-0.4, -0.2) is 15.1 Å². The van der Waals surface area contributed by atoms with Crippen molar-refractivity contribution in [3.05, 3.63) is 47.5 Å². The summed E-state index contributed by atoms with van der Waals surface area (Å²) in [6.45, 7) is 1.98. The molecule has 2 N–H and O–H groups in total. The van der Waals surface area contributed by atoms with Crippen molar-refractivity contribution in [3.63, 3.8) is 0 Å². The molecule has 0 saturated carbocycles. The highest BCUT2D eigenvalue weighted by atomic mass is 32.1. The summed E-state index contributed by atoms with van der Waals surface area (Å²) in [4.78, 5) is 9.32. The minimum absolute atomic E-state index is 0.531. The molecule has 19 heavy (non-hydrogen) atoms. The average Bonchev–Trinajstić information content (AvgIpc) is 2.97. The van der Waals surface area contributed by atoms with Gasteiger partial charge in [-0.25, -0.2) is 0 Å². The van der Waals surface area contributed by atoms with Gasteiger partial charge in [0.2, 0.25) is 0 Å². The Bertz CT molecular complexity index is 690. The lowest BCUT2D eigenvalue weighted by Gasteiger charge is -1.93. The van der Waals surface area contributed by atoms with Gasteiger partial charge in [-0.15, -0.1) is 11.3 Å². The molecule has 3 rings (SSSR count). The van der Waals surface area contributed by atoms with Crippen molar-refractivity contribution < 1.29 is 4.52 Å². The van der Waals surface area contributed by atoms with Crippen molar-refractivity contribution in [1.82, 2.24) is 15.1 Å². The first kappa shape index (κ1) is 11.9. The highest BCUT2D eigenvalue weighted by Gasteiger charge is 2.14. The molecule has 0 bridgehead atoms. The van der Waals surface area contributed by atoms with Gasteiger partial charge in [0, 0.05) is 18.8 Å². The van der Waals surface area contributed by atoms with E-state index in [9.17, 15) is 0 Å². The van der Waals surface area contributed by atoms with Gasteiger partial charge in [-0.1, -0.05) is 5.16 Å². The van der Waals surface area contributed by atoms with E-state index in [1.54, 1.807) is 12.4 Å². The van der Waals surface area contributed by atoms with Crippen LogP contribution >= 0.6 is 11.3 Å². The van der Waals surface area contributed by atoms with Crippen molar-refractivity contribution in [2.24, 2.45) is 0 Å². The number of aryl methyl sites for hydroxylation is 1. The Morgan fingerprint density at radius 1 is 1.32 bits per heavy atom. The Hall–Kier alpha value is -2.21. The van der Waals surface area contributed by atoms with Crippen LogP contribution in [0.3, 0.4) is 0 Å². The van der Waals surface area contributed by atoms with Gasteiger partial charge in [0.15, 0.2) is 5.82 Å². The molecule has 0 aliphatic carbocycles. The molecule has 3 aromatic rings. The molecule has 0 aromatic carbocycles. The minimum atomic E-state index is 0.531. The first-order chi connectivity index (χ1) is 9.22. The summed E-state index contributed by atoms with van der Waals surface area (Å²) >= 11 is 1.46. The smallest absolute Gasteiger partial charge is 0.268 e. The average molecular weight is 272 g/mol. The van der Waals surface area contributed by atoms with Crippen LogP contribution in [0.15, 0.2) is 35.1 Å². The summed E-state index contributed by atoms with van der Waals surface area (Å²) < 4.78 is 5.30. The number of hydrogen-bond donors (Lipinski definition) is 1. The quantitative estimate of drug-likeness (QED) is 0.793. The Morgan fingerprint density at radius 3 is 2.79 bits per heavy atom. The summed E-state index contributed by atoms with van der Waals surface area (Å²) in [5.41, 5.74) is 7.93. The topological polar surface area (TPSA) is 77.8 Å². The number of nitrogens with zero attached hydrogens (tertiary/aromatic N) is 3. The van der Waals surface area contributed by atoms with Gasteiger partial charge in [-0.3, -0.25) is 4.98 Å². The maximum Gasteiger partial charge on any atom is 0.268 e. The number of aromatic nitrogens is 3. The van der Waals surface area contributed by atoms with Crippen LogP contribution in [0.1, 0.15) is 17.0 Å². The molecule has 0 spiro atoms. The normalized spacial score (nSPS) is 10.8. The number of rotatable bonds is 3. The van der Waals surface area contributed by atoms with Crippen LogP contribution in [0.25, 0.3) is 10.8 Å². The summed E-state index contributed by atoms with van der Waals surface area (Å²) in [5.74, 6) is 1.19. The van der Waals surface area contributed by atoms with E-state index in [0.29, 0.717) is 18.1 Å². The van der Waals surface area contributed by atoms with Gasteiger partial charge >= 0.3 is 0 Å². The maximum absolute atomic E-state index is 5.77. The maximum atomic E-state index is 5.77. The van der Waals surface area contributed by atoms with E-state index in [-0.39, 0.29) is 0 Å². The fourth-order valence-corrected chi connectivity index (χ4v) is 2.68. The fourth-order valence-electron chi connectivity index (χ4n) is 1.82. The molecule has 3 aromatic heterocycles. The number of anilines is 1. The third-order valence-electron chi connectivity index (χ3n) is 2.71. The lowest BCUT2D eigenvalue weighted by Crippen LogP contribution is -1.90. The first-order valence-corrected chi connectivity index (χ1v) is 6.62. The molecule has 96 valence electrons. The number of thiophene rings is 1. The fraction of sp³-hybridized carbons (Fsp3) is 0.154. The zero-order valence-electron chi connectivity index (χ0n) is 10.3. The molecule has 0 aliphatic rings. The Labute approximate surface area is 114 Å². The van der Waals surface area contributed by atoms with Crippen molar-refractivity contribution in [2.75, 3.05) is 5.73 Å². The largest absolute Gasteiger partial charge is 0.391 e. The van der Waals surface area contributed by atoms with E-state index >= 15 is 0 Å². The van der Waals surface area contributed by atoms with E-state index in [4.69, 9.17) is 10.3 Å². The summed E-state index contributed by atoms with van der Waals surface area (Å²) in [7, 11) is 0. The van der Waals surface area contributed by atoms with E-state index < -0.39 is 0 Å². The van der Waals surface area contributed by atoms with Crippen LogP contribution in [0.4, 0.5) is 5.00 Å². The third kappa shape index (κ3) is 2.48. The van der Waals surface area contributed by atoms with Crippen molar-refractivity contribution in [2.45, 2.75) is 13.3 Å². The molecule has 0 amide bonds. The SMILES string of the molecule is Cc1cc(N)sc1-c1nc(Cc2ccncc2)no1. The van der Waals surface area contributed by atoms with Crippen LogP contribution in [0.5, 0.6) is 0 Å². The van der Waals surface area contributed by atoms with Crippen LogP contribution in [0, 0.1) is 6.92 Å². The van der Waals surface area contributed by atoms with Gasteiger partial charge in [0.05, 0.1) is 9.88 Å². The second kappa shape index (κ2) is 4.81. The van der Waals surface area contributed by atoms with Gasteiger partial charge < -0.3 is 10.3 Å². The lowest BCUT2D eigenvalue weighted by molar-refractivity contribution is 0.424. The van der Waals surface area contributed by atoms with Crippen molar-refractivity contribution in [3.8, 4) is 10.8 Å². The van der Waals surface area contributed by atoms with Crippen LogP contribution in [0.2, 0.25) is 0 Å². The molecule has 0 atom stereocenters. The van der Waals surface area contributed by atoms with Gasteiger partial charge in [-0.05, 0) is 36.2 Å². The number of nitrogens with two attached hydrogens (primary N) is 1. The molecular weight excluding hydrogens is 260 g/mol. The van der Waals surface area contributed by atoms with Crippen LogP contribution in [-0.2, 0) is 6.42 Å². The Morgan fingerprint density at radius 2 is 2.11 bits per heavy atom. The number of pyridine rings is 1. The molecule has 0 saturated heterocycles. The van der Waals surface area contributed by atoms with Gasteiger partial charge in [0.1, 0.15) is 0 Å². The van der Waals surface area contributed by atoms with E-state index in [1.165, 1.54) is 11.3 Å². The zero-order valence-corrected chi connectivity index (χ0v) is 11.1. The predicted octanol–water partition coefficient (Wildman–Crippen LogP) is 2.67. The Kier molecular flexibility index (Phi) is 3.00.